The lowest BCUT2D eigenvalue weighted by molar-refractivity contribution is -0.385. The Balaban J connectivity index is 2.18. The van der Waals surface area contributed by atoms with Crippen LogP contribution in [0.1, 0.15) is 37.7 Å². The minimum absolute atomic E-state index is 0.0145. The van der Waals surface area contributed by atoms with E-state index in [9.17, 15) is 20.2 Å². The lowest BCUT2D eigenvalue weighted by Gasteiger charge is -2.29. The van der Waals surface area contributed by atoms with E-state index in [-0.39, 0.29) is 11.6 Å². The lowest BCUT2D eigenvalue weighted by atomic mass is 9.74. The number of benzene rings is 1. The zero-order chi connectivity index (χ0) is 15.5. The normalized spacial score (nSPS) is 16.8. The smallest absolute Gasteiger partial charge is 0.272 e. The third-order valence-corrected chi connectivity index (χ3v) is 4.01. The number of hydrogen-bond acceptors (Lipinski definition) is 4. The van der Waals surface area contributed by atoms with Gasteiger partial charge in [-0.15, -0.1) is 0 Å². The Labute approximate surface area is 122 Å². The van der Waals surface area contributed by atoms with Gasteiger partial charge in [-0.3, -0.25) is 14.9 Å². The van der Waals surface area contributed by atoms with E-state index < -0.39 is 10.3 Å². The average Bonchev–Trinajstić information content (AvgIpc) is 2.47. The van der Waals surface area contributed by atoms with Gasteiger partial charge in [0.15, 0.2) is 0 Å². The first kappa shape index (κ1) is 15.0. The molecule has 0 heterocycles. The average molecular weight is 287 g/mol. The first-order valence-corrected chi connectivity index (χ1v) is 6.96. The van der Waals surface area contributed by atoms with Crippen molar-refractivity contribution in [3.63, 3.8) is 0 Å². The van der Waals surface area contributed by atoms with Crippen LogP contribution < -0.4 is 5.32 Å². The highest BCUT2D eigenvalue weighted by molar-refractivity contribution is 5.97. The van der Waals surface area contributed by atoms with E-state index in [0.717, 1.165) is 19.3 Å². The predicted molar refractivity (Wildman–Crippen MR) is 77.6 cm³/mol. The molecule has 2 rings (SSSR count). The molecular formula is C15H17N3O3. The number of amides is 1. The third kappa shape index (κ3) is 3.02. The molecule has 1 N–H and O–H groups in total. The van der Waals surface area contributed by atoms with Gasteiger partial charge in [0, 0.05) is 17.3 Å². The summed E-state index contributed by atoms with van der Waals surface area (Å²) in [6.07, 6.45) is 3.94. The van der Waals surface area contributed by atoms with Crippen LogP contribution in [0.15, 0.2) is 18.2 Å². The van der Waals surface area contributed by atoms with Crippen molar-refractivity contribution in [3.05, 3.63) is 33.9 Å². The largest absolute Gasteiger partial charge is 0.325 e. The Morgan fingerprint density at radius 3 is 2.57 bits per heavy atom. The number of carbonyl (C=O) groups excluding carboxylic acids is 1. The van der Waals surface area contributed by atoms with Crippen LogP contribution in [0.5, 0.6) is 0 Å². The fraction of sp³-hybridized carbons (Fsp3) is 0.467. The number of nitro groups is 1. The number of aryl methyl sites for hydroxylation is 1. The topological polar surface area (TPSA) is 96.0 Å². The van der Waals surface area contributed by atoms with Gasteiger partial charge in [0.2, 0.25) is 5.91 Å². The second-order valence-corrected chi connectivity index (χ2v) is 5.47. The Morgan fingerprint density at radius 1 is 1.38 bits per heavy atom. The van der Waals surface area contributed by atoms with Crippen LogP contribution in [-0.4, -0.2) is 10.8 Å². The van der Waals surface area contributed by atoms with Crippen molar-refractivity contribution in [1.29, 1.82) is 5.26 Å². The van der Waals surface area contributed by atoms with Crippen LogP contribution in [0, 0.1) is 33.8 Å². The quantitative estimate of drug-likeness (QED) is 0.681. The van der Waals surface area contributed by atoms with Gasteiger partial charge < -0.3 is 5.32 Å². The van der Waals surface area contributed by atoms with Crippen LogP contribution in [0.3, 0.4) is 0 Å². The molecule has 1 amide bonds. The molecule has 0 atom stereocenters. The first-order chi connectivity index (χ1) is 9.98. The summed E-state index contributed by atoms with van der Waals surface area (Å²) < 4.78 is 0. The van der Waals surface area contributed by atoms with E-state index in [4.69, 9.17) is 0 Å². The summed E-state index contributed by atoms with van der Waals surface area (Å²) in [5.74, 6) is -0.307. The molecule has 1 fully saturated rings. The molecule has 0 unspecified atom stereocenters. The standard InChI is InChI=1S/C15H17N3O3/c1-11-9-12(5-6-13(11)18(20)21)17-14(19)15(10-16)7-3-2-4-8-15/h5-6,9H,2-4,7-8H2,1H3,(H,17,19). The second-order valence-electron chi connectivity index (χ2n) is 5.47. The van der Waals surface area contributed by atoms with Crippen LogP contribution in [0.2, 0.25) is 0 Å². The lowest BCUT2D eigenvalue weighted by Crippen LogP contribution is -2.36. The van der Waals surface area contributed by atoms with Crippen molar-refractivity contribution in [2.24, 2.45) is 5.41 Å². The molecule has 1 saturated carbocycles. The predicted octanol–water partition coefficient (Wildman–Crippen LogP) is 3.32. The van der Waals surface area contributed by atoms with Gasteiger partial charge in [0.05, 0.1) is 11.0 Å². The zero-order valence-electron chi connectivity index (χ0n) is 11.9. The highest BCUT2D eigenvalue weighted by Crippen LogP contribution is 2.37. The minimum Gasteiger partial charge on any atom is -0.325 e. The number of nitrogens with one attached hydrogen (secondary N) is 1. The fourth-order valence-corrected chi connectivity index (χ4v) is 2.73. The van der Waals surface area contributed by atoms with Gasteiger partial charge in [-0.25, -0.2) is 0 Å². The van der Waals surface area contributed by atoms with Crippen molar-refractivity contribution >= 4 is 17.3 Å². The summed E-state index contributed by atoms with van der Waals surface area (Å²) in [7, 11) is 0. The molecule has 0 radical (unpaired) electrons. The number of rotatable bonds is 3. The molecule has 0 aromatic heterocycles. The third-order valence-electron chi connectivity index (χ3n) is 4.01. The Kier molecular flexibility index (Phi) is 4.22. The maximum Gasteiger partial charge on any atom is 0.272 e. The van der Waals surface area contributed by atoms with E-state index in [1.54, 1.807) is 13.0 Å². The van der Waals surface area contributed by atoms with Gasteiger partial charge in [-0.1, -0.05) is 19.3 Å². The summed E-state index contributed by atoms with van der Waals surface area (Å²) in [5, 5.41) is 22.9. The Hall–Kier alpha value is -2.42. The molecule has 0 spiro atoms. The number of anilines is 1. The van der Waals surface area contributed by atoms with E-state index in [0.29, 0.717) is 24.1 Å². The SMILES string of the molecule is Cc1cc(NC(=O)C2(C#N)CCCCC2)ccc1[N+](=O)[O-]. The molecule has 1 aromatic carbocycles. The second kappa shape index (κ2) is 5.92. The minimum atomic E-state index is -0.964. The summed E-state index contributed by atoms with van der Waals surface area (Å²) in [4.78, 5) is 22.7. The molecule has 6 heteroatoms. The number of nitrogens with zero attached hydrogens (tertiary/aromatic N) is 2. The van der Waals surface area contributed by atoms with Crippen molar-refractivity contribution in [1.82, 2.24) is 0 Å². The molecule has 1 aliphatic carbocycles. The van der Waals surface area contributed by atoms with Gasteiger partial charge in [-0.05, 0) is 31.9 Å². The first-order valence-electron chi connectivity index (χ1n) is 6.96. The molecular weight excluding hydrogens is 270 g/mol. The Morgan fingerprint density at radius 2 is 2.05 bits per heavy atom. The maximum absolute atomic E-state index is 12.4. The zero-order valence-corrected chi connectivity index (χ0v) is 11.9. The fourth-order valence-electron chi connectivity index (χ4n) is 2.73. The molecule has 1 aliphatic rings. The van der Waals surface area contributed by atoms with Crippen molar-refractivity contribution in [2.45, 2.75) is 39.0 Å². The molecule has 1 aromatic rings. The van der Waals surface area contributed by atoms with E-state index >= 15 is 0 Å². The van der Waals surface area contributed by atoms with E-state index in [1.807, 2.05) is 0 Å². The van der Waals surface area contributed by atoms with Crippen molar-refractivity contribution < 1.29 is 9.72 Å². The van der Waals surface area contributed by atoms with Gasteiger partial charge >= 0.3 is 0 Å². The number of nitro benzene ring substituents is 1. The van der Waals surface area contributed by atoms with Crippen LogP contribution in [0.4, 0.5) is 11.4 Å². The summed E-state index contributed by atoms with van der Waals surface area (Å²) in [6.45, 7) is 1.62. The summed E-state index contributed by atoms with van der Waals surface area (Å²) in [6, 6.07) is 6.58. The monoisotopic (exact) mass is 287 g/mol. The van der Waals surface area contributed by atoms with Crippen LogP contribution >= 0.6 is 0 Å². The highest BCUT2D eigenvalue weighted by atomic mass is 16.6. The van der Waals surface area contributed by atoms with Crippen LogP contribution in [0.25, 0.3) is 0 Å². The molecule has 0 saturated heterocycles. The van der Waals surface area contributed by atoms with E-state index in [2.05, 4.69) is 11.4 Å². The number of nitriles is 1. The molecule has 0 bridgehead atoms. The summed E-state index contributed by atoms with van der Waals surface area (Å²) >= 11 is 0. The molecule has 21 heavy (non-hydrogen) atoms. The maximum atomic E-state index is 12.4. The molecule has 0 aliphatic heterocycles. The summed E-state index contributed by atoms with van der Waals surface area (Å²) in [5.41, 5.74) is 0.0184. The number of carbonyl (C=O) groups is 1. The Bertz CT molecular complexity index is 613. The van der Waals surface area contributed by atoms with E-state index in [1.165, 1.54) is 12.1 Å². The van der Waals surface area contributed by atoms with Crippen LogP contribution in [-0.2, 0) is 4.79 Å². The number of hydrogen-bond donors (Lipinski definition) is 1. The highest BCUT2D eigenvalue weighted by Gasteiger charge is 2.39. The van der Waals surface area contributed by atoms with Gasteiger partial charge in [0.25, 0.3) is 5.69 Å². The molecule has 110 valence electrons. The van der Waals surface area contributed by atoms with Gasteiger partial charge in [0.1, 0.15) is 5.41 Å². The molecule has 6 nitrogen and oxygen atoms in total. The van der Waals surface area contributed by atoms with Gasteiger partial charge in [-0.2, -0.15) is 5.26 Å². The van der Waals surface area contributed by atoms with Crippen molar-refractivity contribution in [3.8, 4) is 6.07 Å². The van der Waals surface area contributed by atoms with Crippen molar-refractivity contribution in [2.75, 3.05) is 5.32 Å².